The molecule has 0 saturated carbocycles. The fourth-order valence-corrected chi connectivity index (χ4v) is 2.50. The van der Waals surface area contributed by atoms with Crippen LogP contribution in [0.4, 0.5) is 11.4 Å². The number of hydrogen-bond acceptors (Lipinski definition) is 4. The molecule has 0 saturated heterocycles. The van der Waals surface area contributed by atoms with E-state index in [1.165, 1.54) is 14.2 Å². The Labute approximate surface area is 163 Å². The van der Waals surface area contributed by atoms with Gasteiger partial charge in [0.15, 0.2) is 11.5 Å². The van der Waals surface area contributed by atoms with Gasteiger partial charge in [-0.15, -0.1) is 0 Å². The summed E-state index contributed by atoms with van der Waals surface area (Å²) < 4.78 is 10.4. The van der Waals surface area contributed by atoms with E-state index in [0.29, 0.717) is 27.9 Å². The quantitative estimate of drug-likeness (QED) is 0.722. The Morgan fingerprint density at radius 3 is 2.22 bits per heavy atom. The van der Waals surface area contributed by atoms with E-state index in [-0.39, 0.29) is 0 Å². The lowest BCUT2D eigenvalue weighted by Crippen LogP contribution is -2.41. The molecule has 0 aliphatic heterocycles. The second kappa shape index (κ2) is 8.31. The number of anilines is 2. The Morgan fingerprint density at radius 2 is 1.59 bits per heavy atom. The van der Waals surface area contributed by atoms with Gasteiger partial charge in [0.2, 0.25) is 11.8 Å². The van der Waals surface area contributed by atoms with Crippen molar-refractivity contribution in [1.29, 1.82) is 0 Å². The maximum atomic E-state index is 12.7. The summed E-state index contributed by atoms with van der Waals surface area (Å²) in [5, 5.41) is 6.05. The van der Waals surface area contributed by atoms with Crippen LogP contribution in [0.15, 0.2) is 36.4 Å². The van der Waals surface area contributed by atoms with Crippen LogP contribution in [0, 0.1) is 12.3 Å². The Bertz CT molecular complexity index is 865. The Balaban J connectivity index is 2.16. The van der Waals surface area contributed by atoms with Crippen LogP contribution in [-0.2, 0) is 9.59 Å². The monoisotopic (exact) mass is 390 g/mol. The van der Waals surface area contributed by atoms with Gasteiger partial charge in [-0.05, 0) is 50.6 Å². The van der Waals surface area contributed by atoms with E-state index in [4.69, 9.17) is 21.1 Å². The van der Waals surface area contributed by atoms with E-state index in [0.717, 1.165) is 5.56 Å². The predicted molar refractivity (Wildman–Crippen MR) is 107 cm³/mol. The van der Waals surface area contributed by atoms with E-state index in [9.17, 15) is 9.59 Å². The Morgan fingerprint density at radius 1 is 0.963 bits per heavy atom. The fraction of sp³-hybridized carbons (Fsp3) is 0.300. The summed E-state index contributed by atoms with van der Waals surface area (Å²) in [7, 11) is 3.04. The summed E-state index contributed by atoms with van der Waals surface area (Å²) in [6.45, 7) is 4.91. The van der Waals surface area contributed by atoms with Crippen LogP contribution in [0.2, 0.25) is 5.02 Å². The SMILES string of the molecule is COc1ccc(NC(=O)C(C)(C)C(=O)Nc2cccc(Cl)c2C)cc1OC. The van der Waals surface area contributed by atoms with Crippen molar-refractivity contribution in [2.45, 2.75) is 20.8 Å². The molecule has 0 radical (unpaired) electrons. The minimum atomic E-state index is -1.32. The van der Waals surface area contributed by atoms with Gasteiger partial charge in [0.1, 0.15) is 5.41 Å². The summed E-state index contributed by atoms with van der Waals surface area (Å²) in [6, 6.07) is 10.2. The van der Waals surface area contributed by atoms with Crippen molar-refractivity contribution < 1.29 is 19.1 Å². The van der Waals surface area contributed by atoms with Crippen molar-refractivity contribution in [1.82, 2.24) is 0 Å². The normalized spacial score (nSPS) is 10.9. The highest BCUT2D eigenvalue weighted by Gasteiger charge is 2.36. The molecule has 0 aromatic heterocycles. The van der Waals surface area contributed by atoms with Crippen molar-refractivity contribution in [3.63, 3.8) is 0 Å². The van der Waals surface area contributed by atoms with Gasteiger partial charge in [0.25, 0.3) is 0 Å². The number of carbonyl (C=O) groups excluding carboxylic acids is 2. The van der Waals surface area contributed by atoms with Crippen LogP contribution in [0.3, 0.4) is 0 Å². The zero-order valence-corrected chi connectivity index (χ0v) is 16.7. The van der Waals surface area contributed by atoms with Crippen molar-refractivity contribution in [3.8, 4) is 11.5 Å². The number of carbonyl (C=O) groups is 2. The van der Waals surface area contributed by atoms with Crippen molar-refractivity contribution in [2.75, 3.05) is 24.9 Å². The number of amides is 2. The first-order valence-corrected chi connectivity index (χ1v) is 8.68. The average molecular weight is 391 g/mol. The molecule has 0 fully saturated rings. The number of ether oxygens (including phenoxy) is 2. The summed E-state index contributed by atoms with van der Waals surface area (Å²) >= 11 is 6.08. The molecule has 0 atom stereocenters. The Kier molecular flexibility index (Phi) is 6.33. The summed E-state index contributed by atoms with van der Waals surface area (Å²) in [6.07, 6.45) is 0. The molecule has 7 heteroatoms. The zero-order valence-electron chi connectivity index (χ0n) is 16.0. The molecule has 144 valence electrons. The predicted octanol–water partition coefficient (Wildman–Crippen LogP) is 4.27. The maximum absolute atomic E-state index is 12.7. The van der Waals surface area contributed by atoms with Gasteiger partial charge in [0.05, 0.1) is 14.2 Å². The largest absolute Gasteiger partial charge is 0.493 e. The molecule has 0 aliphatic carbocycles. The molecule has 0 bridgehead atoms. The number of hydrogen-bond donors (Lipinski definition) is 2. The first kappa shape index (κ1) is 20.6. The molecule has 27 heavy (non-hydrogen) atoms. The van der Waals surface area contributed by atoms with Gasteiger partial charge < -0.3 is 20.1 Å². The lowest BCUT2D eigenvalue weighted by Gasteiger charge is -2.23. The van der Waals surface area contributed by atoms with Crippen molar-refractivity contribution in [2.24, 2.45) is 5.41 Å². The number of rotatable bonds is 6. The molecule has 0 unspecified atom stereocenters. The van der Waals surface area contributed by atoms with Crippen molar-refractivity contribution in [3.05, 3.63) is 47.0 Å². The zero-order chi connectivity index (χ0) is 20.2. The molecule has 2 rings (SSSR count). The van der Waals surface area contributed by atoms with Gasteiger partial charge in [-0.3, -0.25) is 9.59 Å². The van der Waals surface area contributed by atoms with Gasteiger partial charge in [-0.25, -0.2) is 0 Å². The standard InChI is InChI=1S/C20H23ClN2O4/c1-12-14(21)7-6-8-15(12)23-19(25)20(2,3)18(24)22-13-9-10-16(26-4)17(11-13)27-5/h6-11H,1-5H3,(H,22,24)(H,23,25). The van der Waals surface area contributed by atoms with Crippen LogP contribution < -0.4 is 20.1 Å². The van der Waals surface area contributed by atoms with E-state index < -0.39 is 17.2 Å². The first-order chi connectivity index (χ1) is 12.7. The highest BCUT2D eigenvalue weighted by atomic mass is 35.5. The third-order valence-electron chi connectivity index (χ3n) is 4.29. The van der Waals surface area contributed by atoms with Crippen LogP contribution in [0.1, 0.15) is 19.4 Å². The first-order valence-electron chi connectivity index (χ1n) is 8.30. The number of methoxy groups -OCH3 is 2. The van der Waals surface area contributed by atoms with Crippen LogP contribution >= 0.6 is 11.6 Å². The molecule has 2 aromatic carbocycles. The maximum Gasteiger partial charge on any atom is 0.239 e. The third-order valence-corrected chi connectivity index (χ3v) is 4.70. The summed E-state index contributed by atoms with van der Waals surface area (Å²) in [5.74, 6) is 0.133. The van der Waals surface area contributed by atoms with E-state index >= 15 is 0 Å². The molecule has 0 aliphatic rings. The average Bonchev–Trinajstić information content (AvgIpc) is 2.65. The molecular formula is C20H23ClN2O4. The molecule has 6 nitrogen and oxygen atoms in total. The third kappa shape index (κ3) is 4.52. The molecule has 2 aromatic rings. The summed E-state index contributed by atoms with van der Waals surface area (Å²) in [5.41, 5.74) is 0.489. The minimum Gasteiger partial charge on any atom is -0.493 e. The van der Waals surface area contributed by atoms with Gasteiger partial charge in [-0.1, -0.05) is 17.7 Å². The fourth-order valence-electron chi connectivity index (χ4n) is 2.33. The molecule has 2 amide bonds. The number of nitrogens with one attached hydrogen (secondary N) is 2. The molecule has 0 spiro atoms. The van der Waals surface area contributed by atoms with E-state index in [2.05, 4.69) is 10.6 Å². The van der Waals surface area contributed by atoms with Gasteiger partial charge >= 0.3 is 0 Å². The summed E-state index contributed by atoms with van der Waals surface area (Å²) in [4.78, 5) is 25.4. The lowest BCUT2D eigenvalue weighted by molar-refractivity contribution is -0.135. The molecule has 0 heterocycles. The number of halogens is 1. The minimum absolute atomic E-state index is 0.439. The second-order valence-corrected chi connectivity index (χ2v) is 6.92. The highest BCUT2D eigenvalue weighted by molar-refractivity contribution is 6.31. The lowest BCUT2D eigenvalue weighted by atomic mass is 9.90. The van der Waals surface area contributed by atoms with Crippen LogP contribution in [-0.4, -0.2) is 26.0 Å². The smallest absolute Gasteiger partial charge is 0.239 e. The number of benzene rings is 2. The van der Waals surface area contributed by atoms with Crippen LogP contribution in [0.25, 0.3) is 0 Å². The van der Waals surface area contributed by atoms with Gasteiger partial charge in [-0.2, -0.15) is 0 Å². The molecule has 2 N–H and O–H groups in total. The Hall–Kier alpha value is -2.73. The van der Waals surface area contributed by atoms with Gasteiger partial charge in [0, 0.05) is 22.5 Å². The van der Waals surface area contributed by atoms with Crippen molar-refractivity contribution >= 4 is 34.8 Å². The van der Waals surface area contributed by atoms with Crippen LogP contribution in [0.5, 0.6) is 11.5 Å². The topological polar surface area (TPSA) is 76.7 Å². The van der Waals surface area contributed by atoms with E-state index in [1.54, 1.807) is 57.2 Å². The highest BCUT2D eigenvalue weighted by Crippen LogP contribution is 2.31. The second-order valence-electron chi connectivity index (χ2n) is 6.52. The molecular weight excluding hydrogens is 368 g/mol. The van der Waals surface area contributed by atoms with E-state index in [1.807, 2.05) is 0 Å².